The zero-order valence-electron chi connectivity index (χ0n) is 14.0. The minimum absolute atomic E-state index is 0.294. The summed E-state index contributed by atoms with van der Waals surface area (Å²) in [6.07, 6.45) is 8.40. The molecule has 4 nitrogen and oxygen atoms in total. The molecule has 0 aliphatic carbocycles. The third-order valence-corrected chi connectivity index (χ3v) is 4.93. The second kappa shape index (κ2) is 5.71. The summed E-state index contributed by atoms with van der Waals surface area (Å²) in [6, 6.07) is 2.18. The van der Waals surface area contributed by atoms with Crippen LogP contribution in [0.25, 0.3) is 6.08 Å². The van der Waals surface area contributed by atoms with Crippen LogP contribution in [0.4, 0.5) is 5.69 Å². The number of aromatic nitrogens is 1. The smallest absolute Gasteiger partial charge is 0.400 e. The molecule has 0 N–H and O–H groups in total. The molecule has 2 aliphatic heterocycles. The van der Waals surface area contributed by atoms with Crippen molar-refractivity contribution in [2.45, 2.75) is 51.7 Å². The van der Waals surface area contributed by atoms with Gasteiger partial charge in [-0.2, -0.15) is 0 Å². The monoisotopic (exact) mass is 300 g/mol. The molecule has 0 radical (unpaired) electrons. The van der Waals surface area contributed by atoms with Gasteiger partial charge in [-0.3, -0.25) is 4.98 Å². The van der Waals surface area contributed by atoms with Crippen LogP contribution in [0.3, 0.4) is 0 Å². The van der Waals surface area contributed by atoms with E-state index in [1.54, 1.807) is 0 Å². The van der Waals surface area contributed by atoms with E-state index in [1.165, 1.54) is 18.5 Å². The Balaban J connectivity index is 1.70. The van der Waals surface area contributed by atoms with Gasteiger partial charge in [0.2, 0.25) is 0 Å². The standard InChI is InChI=1S/C17H25BN2O2/c1-16(2)17(3,4)22-18(21-16)8-7-14-11-15(13-19-12-14)20-9-5-6-10-20/h7-8,11-13H,5-6,9-10H2,1-4H3/b8-7+. The van der Waals surface area contributed by atoms with E-state index >= 15 is 0 Å². The third kappa shape index (κ3) is 3.06. The van der Waals surface area contributed by atoms with Crippen molar-refractivity contribution in [1.82, 2.24) is 4.98 Å². The van der Waals surface area contributed by atoms with Crippen molar-refractivity contribution in [3.05, 3.63) is 30.0 Å². The quantitative estimate of drug-likeness (QED) is 0.802. The van der Waals surface area contributed by atoms with Gasteiger partial charge >= 0.3 is 7.12 Å². The third-order valence-electron chi connectivity index (χ3n) is 4.93. The maximum atomic E-state index is 5.98. The molecule has 5 heteroatoms. The van der Waals surface area contributed by atoms with E-state index in [0.717, 1.165) is 18.7 Å². The Morgan fingerprint density at radius 2 is 1.73 bits per heavy atom. The van der Waals surface area contributed by atoms with Gasteiger partial charge < -0.3 is 14.2 Å². The van der Waals surface area contributed by atoms with Gasteiger partial charge in [-0.05, 0) is 52.2 Å². The Bertz CT molecular complexity index is 550. The second-order valence-electron chi connectivity index (χ2n) is 7.15. The van der Waals surface area contributed by atoms with Gasteiger partial charge in [0.1, 0.15) is 0 Å². The molecule has 1 aromatic rings. The summed E-state index contributed by atoms with van der Waals surface area (Å²) in [4.78, 5) is 6.75. The first kappa shape index (κ1) is 15.6. The van der Waals surface area contributed by atoms with E-state index in [4.69, 9.17) is 9.31 Å². The van der Waals surface area contributed by atoms with Crippen molar-refractivity contribution in [2.24, 2.45) is 0 Å². The van der Waals surface area contributed by atoms with Crippen LogP contribution in [0.15, 0.2) is 24.4 Å². The van der Waals surface area contributed by atoms with Gasteiger partial charge in [-0.15, -0.1) is 0 Å². The lowest BCUT2D eigenvalue weighted by atomic mass is 9.89. The summed E-state index contributed by atoms with van der Waals surface area (Å²) in [5.41, 5.74) is 1.70. The maximum absolute atomic E-state index is 5.98. The van der Waals surface area contributed by atoms with Crippen molar-refractivity contribution in [2.75, 3.05) is 18.0 Å². The van der Waals surface area contributed by atoms with E-state index in [2.05, 4.69) is 43.6 Å². The van der Waals surface area contributed by atoms with Gasteiger partial charge in [0.15, 0.2) is 0 Å². The summed E-state index contributed by atoms with van der Waals surface area (Å²) in [5.74, 6) is 1.97. The van der Waals surface area contributed by atoms with E-state index < -0.39 is 0 Å². The first-order valence-corrected chi connectivity index (χ1v) is 8.11. The van der Waals surface area contributed by atoms with Crippen LogP contribution >= 0.6 is 0 Å². The molecule has 3 rings (SSSR count). The predicted octanol–water partition coefficient (Wildman–Crippen LogP) is 3.33. The highest BCUT2D eigenvalue weighted by Gasteiger charge is 2.49. The Labute approximate surface area is 133 Å². The Kier molecular flexibility index (Phi) is 4.04. The summed E-state index contributed by atoms with van der Waals surface area (Å²) in [5, 5.41) is 0. The SMILES string of the molecule is CC1(C)OB(/C=C/c2cncc(N3CCCC3)c2)OC1(C)C. The highest BCUT2D eigenvalue weighted by Crippen LogP contribution is 2.37. The van der Waals surface area contributed by atoms with Crippen molar-refractivity contribution in [1.29, 1.82) is 0 Å². The van der Waals surface area contributed by atoms with Gasteiger partial charge in [0, 0.05) is 19.3 Å². The van der Waals surface area contributed by atoms with Gasteiger partial charge in [0.05, 0.1) is 23.1 Å². The van der Waals surface area contributed by atoms with Gasteiger partial charge in [-0.25, -0.2) is 0 Å². The molecule has 2 aliphatic rings. The minimum atomic E-state index is -0.305. The molecule has 0 spiro atoms. The van der Waals surface area contributed by atoms with Crippen molar-refractivity contribution >= 4 is 18.9 Å². The molecular weight excluding hydrogens is 275 g/mol. The van der Waals surface area contributed by atoms with Crippen LogP contribution in [0.5, 0.6) is 0 Å². The van der Waals surface area contributed by atoms with E-state index in [0.29, 0.717) is 0 Å². The molecule has 0 amide bonds. The molecule has 118 valence electrons. The van der Waals surface area contributed by atoms with E-state index in [1.807, 2.05) is 24.4 Å². The summed E-state index contributed by atoms with van der Waals surface area (Å²) >= 11 is 0. The van der Waals surface area contributed by atoms with Crippen LogP contribution in [-0.2, 0) is 9.31 Å². The number of pyridine rings is 1. The van der Waals surface area contributed by atoms with Gasteiger partial charge in [0.25, 0.3) is 0 Å². The molecule has 22 heavy (non-hydrogen) atoms. The molecule has 3 heterocycles. The number of nitrogens with zero attached hydrogens (tertiary/aromatic N) is 2. The highest BCUT2D eigenvalue weighted by molar-refractivity contribution is 6.52. The summed E-state index contributed by atoms with van der Waals surface area (Å²) < 4.78 is 12.0. The Morgan fingerprint density at radius 1 is 1.09 bits per heavy atom. The Morgan fingerprint density at radius 3 is 2.36 bits per heavy atom. The molecule has 0 unspecified atom stereocenters. The number of anilines is 1. The molecule has 0 bridgehead atoms. The van der Waals surface area contributed by atoms with Gasteiger partial charge in [-0.1, -0.05) is 12.1 Å². The zero-order valence-corrected chi connectivity index (χ0v) is 14.0. The number of hydrogen-bond donors (Lipinski definition) is 0. The van der Waals surface area contributed by atoms with Crippen LogP contribution in [-0.4, -0.2) is 36.4 Å². The van der Waals surface area contributed by atoms with E-state index in [9.17, 15) is 0 Å². The molecule has 2 saturated heterocycles. The second-order valence-corrected chi connectivity index (χ2v) is 7.15. The first-order valence-electron chi connectivity index (χ1n) is 8.11. The van der Waals surface area contributed by atoms with Crippen LogP contribution < -0.4 is 4.90 Å². The fourth-order valence-electron chi connectivity index (χ4n) is 2.84. The van der Waals surface area contributed by atoms with Crippen molar-refractivity contribution < 1.29 is 9.31 Å². The van der Waals surface area contributed by atoms with Crippen LogP contribution in [0.2, 0.25) is 0 Å². The highest BCUT2D eigenvalue weighted by atomic mass is 16.7. The normalized spacial score (nSPS) is 23.6. The lowest BCUT2D eigenvalue weighted by Crippen LogP contribution is -2.41. The average molecular weight is 300 g/mol. The maximum Gasteiger partial charge on any atom is 0.487 e. The predicted molar refractivity (Wildman–Crippen MR) is 90.8 cm³/mol. The zero-order chi connectivity index (χ0) is 15.8. The topological polar surface area (TPSA) is 34.6 Å². The largest absolute Gasteiger partial charge is 0.487 e. The number of hydrogen-bond acceptors (Lipinski definition) is 4. The first-order chi connectivity index (χ1) is 10.4. The average Bonchev–Trinajstić information content (AvgIpc) is 3.04. The number of rotatable bonds is 3. The molecule has 2 fully saturated rings. The van der Waals surface area contributed by atoms with Crippen molar-refractivity contribution in [3.63, 3.8) is 0 Å². The lowest BCUT2D eigenvalue weighted by molar-refractivity contribution is 0.00578. The van der Waals surface area contributed by atoms with E-state index in [-0.39, 0.29) is 18.3 Å². The summed E-state index contributed by atoms with van der Waals surface area (Å²) in [6.45, 7) is 10.5. The van der Waals surface area contributed by atoms with Crippen LogP contribution in [0.1, 0.15) is 46.1 Å². The van der Waals surface area contributed by atoms with Crippen LogP contribution in [0, 0.1) is 0 Å². The minimum Gasteiger partial charge on any atom is -0.400 e. The summed E-state index contributed by atoms with van der Waals surface area (Å²) in [7, 11) is -0.305. The molecule has 1 aromatic heterocycles. The Hall–Kier alpha value is -1.33. The fraction of sp³-hybridized carbons (Fsp3) is 0.588. The lowest BCUT2D eigenvalue weighted by Gasteiger charge is -2.32. The molecule has 0 saturated carbocycles. The van der Waals surface area contributed by atoms with Crippen molar-refractivity contribution in [3.8, 4) is 0 Å². The molecule has 0 atom stereocenters. The molecule has 0 aromatic carbocycles. The molecular formula is C17H25BN2O2. The fourth-order valence-corrected chi connectivity index (χ4v) is 2.84.